The Morgan fingerprint density at radius 3 is 2.39 bits per heavy atom. The van der Waals surface area contributed by atoms with Crippen LogP contribution in [0.2, 0.25) is 0 Å². The quantitative estimate of drug-likeness (QED) is 0.553. The Kier molecular flexibility index (Phi) is 8.89. The zero-order valence-corrected chi connectivity index (χ0v) is 19.9. The third-order valence-corrected chi connectivity index (χ3v) is 6.20. The van der Waals surface area contributed by atoms with Crippen LogP contribution in [0, 0.1) is 11.3 Å². The van der Waals surface area contributed by atoms with Crippen LogP contribution >= 0.6 is 0 Å². The highest BCUT2D eigenvalue weighted by molar-refractivity contribution is 5.92. The molecule has 0 unspecified atom stereocenters. The van der Waals surface area contributed by atoms with Crippen LogP contribution < -0.4 is 15.8 Å². The molecule has 2 aromatic carbocycles. The summed E-state index contributed by atoms with van der Waals surface area (Å²) in [6.07, 6.45) is 5.33. The number of benzene rings is 2. The number of para-hydroxylation sites is 2. The second-order valence-corrected chi connectivity index (χ2v) is 9.70. The topological polar surface area (TPSA) is 84.7 Å². The maximum Gasteiger partial charge on any atom is 0.262 e. The highest BCUT2D eigenvalue weighted by Gasteiger charge is 2.30. The molecule has 0 spiro atoms. The monoisotopic (exact) mass is 451 g/mol. The van der Waals surface area contributed by atoms with Crippen molar-refractivity contribution in [3.05, 3.63) is 60.2 Å². The zero-order valence-electron chi connectivity index (χ0n) is 19.9. The van der Waals surface area contributed by atoms with Gasteiger partial charge in [0.05, 0.1) is 0 Å². The van der Waals surface area contributed by atoms with E-state index in [0.29, 0.717) is 31.1 Å². The highest BCUT2D eigenvalue weighted by atomic mass is 16.5. The molecule has 1 fully saturated rings. The average molecular weight is 452 g/mol. The number of amides is 2. The van der Waals surface area contributed by atoms with Gasteiger partial charge < -0.3 is 20.7 Å². The number of anilines is 1. The molecule has 1 saturated carbocycles. The Labute approximate surface area is 197 Å². The van der Waals surface area contributed by atoms with Crippen LogP contribution in [-0.4, -0.2) is 36.4 Å². The van der Waals surface area contributed by atoms with Crippen LogP contribution in [0.4, 0.5) is 5.69 Å². The van der Waals surface area contributed by atoms with Gasteiger partial charge in [-0.15, -0.1) is 0 Å². The van der Waals surface area contributed by atoms with E-state index in [9.17, 15) is 9.59 Å². The Balaban J connectivity index is 1.71. The first-order chi connectivity index (χ1) is 15.9. The summed E-state index contributed by atoms with van der Waals surface area (Å²) in [6.45, 7) is 5.61. The van der Waals surface area contributed by atoms with Crippen LogP contribution in [0.3, 0.4) is 0 Å². The molecule has 2 aromatic rings. The van der Waals surface area contributed by atoms with Gasteiger partial charge in [0.15, 0.2) is 6.61 Å². The number of nitrogens with two attached hydrogens (primary N) is 1. The molecule has 0 radical (unpaired) electrons. The predicted octanol–water partition coefficient (Wildman–Crippen LogP) is 4.60. The fourth-order valence-corrected chi connectivity index (χ4v) is 4.24. The number of nitrogens with zero attached hydrogens (tertiary/aromatic N) is 1. The molecule has 0 aromatic heterocycles. The molecule has 0 saturated heterocycles. The summed E-state index contributed by atoms with van der Waals surface area (Å²) in [5.74, 6) is 0.686. The molecule has 0 heterocycles. The van der Waals surface area contributed by atoms with Gasteiger partial charge in [0.1, 0.15) is 5.75 Å². The third kappa shape index (κ3) is 7.60. The van der Waals surface area contributed by atoms with Gasteiger partial charge in [0, 0.05) is 24.7 Å². The first-order valence-corrected chi connectivity index (χ1v) is 11.9. The van der Waals surface area contributed by atoms with E-state index in [1.807, 2.05) is 59.5 Å². The summed E-state index contributed by atoms with van der Waals surface area (Å²) in [5, 5.41) is 2.95. The number of rotatable bonds is 10. The van der Waals surface area contributed by atoms with Crippen molar-refractivity contribution in [3.63, 3.8) is 0 Å². The maximum absolute atomic E-state index is 13.5. The lowest BCUT2D eigenvalue weighted by Crippen LogP contribution is -2.44. The van der Waals surface area contributed by atoms with Gasteiger partial charge in [-0.3, -0.25) is 9.59 Å². The molecular weight excluding hydrogens is 414 g/mol. The Hall–Kier alpha value is -2.86. The van der Waals surface area contributed by atoms with Gasteiger partial charge in [-0.25, -0.2) is 0 Å². The largest absolute Gasteiger partial charge is 0.484 e. The van der Waals surface area contributed by atoms with Gasteiger partial charge in [0.25, 0.3) is 5.91 Å². The van der Waals surface area contributed by atoms with Crippen molar-refractivity contribution in [1.82, 2.24) is 4.90 Å². The molecule has 0 bridgehead atoms. The van der Waals surface area contributed by atoms with Crippen LogP contribution in [0.5, 0.6) is 5.75 Å². The molecule has 0 aliphatic heterocycles. The van der Waals surface area contributed by atoms with Crippen molar-refractivity contribution in [1.29, 1.82) is 0 Å². The summed E-state index contributed by atoms with van der Waals surface area (Å²) < 4.78 is 5.57. The minimum atomic E-state index is -0.237. The Morgan fingerprint density at radius 2 is 1.70 bits per heavy atom. The first kappa shape index (κ1) is 24.8. The molecule has 6 nitrogen and oxygen atoms in total. The van der Waals surface area contributed by atoms with E-state index in [2.05, 4.69) is 19.2 Å². The van der Waals surface area contributed by atoms with E-state index in [4.69, 9.17) is 10.5 Å². The SMILES string of the molecule is CC(C)(CN)CN(Cc1ccccc1NC(=O)COc1ccccc1)C(=O)C1CCCCC1. The van der Waals surface area contributed by atoms with E-state index in [1.165, 1.54) is 6.42 Å². The molecule has 6 heteroatoms. The Morgan fingerprint density at radius 1 is 1.03 bits per heavy atom. The minimum absolute atomic E-state index is 0.0772. The van der Waals surface area contributed by atoms with Crippen molar-refractivity contribution >= 4 is 17.5 Å². The number of hydrogen-bond donors (Lipinski definition) is 2. The van der Waals surface area contributed by atoms with Crippen molar-refractivity contribution < 1.29 is 14.3 Å². The predicted molar refractivity (Wildman–Crippen MR) is 132 cm³/mol. The lowest BCUT2D eigenvalue weighted by Gasteiger charge is -2.35. The van der Waals surface area contributed by atoms with Gasteiger partial charge >= 0.3 is 0 Å². The fourth-order valence-electron chi connectivity index (χ4n) is 4.24. The summed E-state index contributed by atoms with van der Waals surface area (Å²) in [4.78, 5) is 28.0. The fraction of sp³-hybridized carbons (Fsp3) is 0.481. The van der Waals surface area contributed by atoms with Crippen LogP contribution in [0.15, 0.2) is 54.6 Å². The van der Waals surface area contributed by atoms with E-state index in [1.54, 1.807) is 0 Å². The van der Waals surface area contributed by atoms with Gasteiger partial charge in [0.2, 0.25) is 5.91 Å². The summed E-state index contributed by atoms with van der Waals surface area (Å²) in [6, 6.07) is 16.9. The van der Waals surface area contributed by atoms with Gasteiger partial charge in [-0.05, 0) is 48.6 Å². The molecule has 1 aliphatic rings. The molecule has 2 amide bonds. The molecule has 1 aliphatic carbocycles. The van der Waals surface area contributed by atoms with E-state index < -0.39 is 0 Å². The van der Waals surface area contributed by atoms with Gasteiger partial charge in [-0.2, -0.15) is 0 Å². The lowest BCUT2D eigenvalue weighted by atomic mass is 9.86. The van der Waals surface area contributed by atoms with Crippen LogP contribution in [-0.2, 0) is 16.1 Å². The second kappa shape index (κ2) is 11.8. The molecule has 3 N–H and O–H groups in total. The minimum Gasteiger partial charge on any atom is -0.484 e. The summed E-state index contributed by atoms with van der Waals surface area (Å²) in [5.41, 5.74) is 7.41. The van der Waals surface area contributed by atoms with Crippen molar-refractivity contribution in [2.24, 2.45) is 17.1 Å². The average Bonchev–Trinajstić information content (AvgIpc) is 2.84. The first-order valence-electron chi connectivity index (χ1n) is 11.9. The number of carbonyl (C=O) groups is 2. The smallest absolute Gasteiger partial charge is 0.262 e. The number of hydrogen-bond acceptors (Lipinski definition) is 4. The lowest BCUT2D eigenvalue weighted by molar-refractivity contribution is -0.138. The molecule has 0 atom stereocenters. The summed E-state index contributed by atoms with van der Waals surface area (Å²) >= 11 is 0. The van der Waals surface area contributed by atoms with E-state index in [0.717, 1.165) is 31.2 Å². The van der Waals surface area contributed by atoms with E-state index >= 15 is 0 Å². The number of ether oxygens (including phenoxy) is 1. The number of carbonyl (C=O) groups excluding carboxylic acids is 2. The number of nitrogens with one attached hydrogen (secondary N) is 1. The maximum atomic E-state index is 13.5. The zero-order chi connectivity index (χ0) is 23.7. The van der Waals surface area contributed by atoms with Crippen LogP contribution in [0.1, 0.15) is 51.5 Å². The Bertz CT molecular complexity index is 908. The van der Waals surface area contributed by atoms with Crippen molar-refractivity contribution in [2.75, 3.05) is 25.0 Å². The van der Waals surface area contributed by atoms with Crippen LogP contribution in [0.25, 0.3) is 0 Å². The normalized spacial score (nSPS) is 14.5. The molecule has 33 heavy (non-hydrogen) atoms. The standard InChI is InChI=1S/C27H37N3O3/c1-27(2,19-28)20-30(26(32)21-11-5-3-6-12-21)17-22-13-9-10-16-24(22)29-25(31)18-33-23-14-7-4-8-15-23/h4,7-10,13-16,21H,3,5-6,11-12,17-20,28H2,1-2H3,(H,29,31). The van der Waals surface area contributed by atoms with Crippen molar-refractivity contribution in [3.8, 4) is 5.75 Å². The molecule has 3 rings (SSSR count). The third-order valence-electron chi connectivity index (χ3n) is 6.20. The molecular formula is C27H37N3O3. The molecule has 178 valence electrons. The highest BCUT2D eigenvalue weighted by Crippen LogP contribution is 2.29. The van der Waals surface area contributed by atoms with Crippen molar-refractivity contribution in [2.45, 2.75) is 52.5 Å². The second-order valence-electron chi connectivity index (χ2n) is 9.70. The van der Waals surface area contributed by atoms with E-state index in [-0.39, 0.29) is 29.8 Å². The summed E-state index contributed by atoms with van der Waals surface area (Å²) in [7, 11) is 0. The van der Waals surface area contributed by atoms with Gasteiger partial charge in [-0.1, -0.05) is 69.5 Å².